The molecule has 1 aromatic carbocycles. The van der Waals surface area contributed by atoms with Crippen LogP contribution in [0.5, 0.6) is 0 Å². The number of hydrogen-bond acceptors (Lipinski definition) is 7. The van der Waals surface area contributed by atoms with Gasteiger partial charge in [-0.05, 0) is 35.4 Å². The summed E-state index contributed by atoms with van der Waals surface area (Å²) in [6.07, 6.45) is 2.52. The molecule has 0 bridgehead atoms. The maximum Gasteiger partial charge on any atom is 0.222 e. The highest BCUT2D eigenvalue weighted by molar-refractivity contribution is 5.76. The van der Waals surface area contributed by atoms with E-state index < -0.39 is 0 Å². The Morgan fingerprint density at radius 1 is 1.10 bits per heavy atom. The molecule has 1 N–H and O–H groups in total. The van der Waals surface area contributed by atoms with Crippen LogP contribution in [0, 0.1) is 0 Å². The number of aromatic nitrogens is 4. The van der Waals surface area contributed by atoms with E-state index in [0.29, 0.717) is 19.5 Å². The quantitative estimate of drug-likeness (QED) is 0.681. The summed E-state index contributed by atoms with van der Waals surface area (Å²) in [5.41, 5.74) is 1.32. The lowest BCUT2D eigenvalue weighted by molar-refractivity contribution is -0.122. The van der Waals surface area contributed by atoms with Gasteiger partial charge >= 0.3 is 0 Å². The van der Waals surface area contributed by atoms with Crippen molar-refractivity contribution in [3.8, 4) is 0 Å². The van der Waals surface area contributed by atoms with Crippen molar-refractivity contribution in [3.05, 3.63) is 41.7 Å². The van der Waals surface area contributed by atoms with E-state index in [1.807, 2.05) is 6.07 Å². The second-order valence-electron chi connectivity index (χ2n) is 8.08. The van der Waals surface area contributed by atoms with Crippen molar-refractivity contribution in [1.82, 2.24) is 35.3 Å². The Bertz CT molecular complexity index is 792. The highest BCUT2D eigenvalue weighted by atomic mass is 16.5. The number of nitrogens with zero attached hydrogens (tertiary/aromatic N) is 6. The number of carbonyl (C=O) groups excluding carboxylic acids is 1. The van der Waals surface area contributed by atoms with Gasteiger partial charge in [0.25, 0.3) is 0 Å². The molecule has 2 fully saturated rings. The first-order valence-corrected chi connectivity index (χ1v) is 10.9. The Hall–Kier alpha value is -2.36. The van der Waals surface area contributed by atoms with Gasteiger partial charge in [0, 0.05) is 38.6 Å². The van der Waals surface area contributed by atoms with Crippen molar-refractivity contribution in [2.75, 3.05) is 39.4 Å². The number of tetrazole rings is 1. The molecule has 0 aliphatic carbocycles. The number of nitrogens with one attached hydrogen (secondary N) is 1. The summed E-state index contributed by atoms with van der Waals surface area (Å²) in [5.74, 6) is 0.866. The molecule has 9 heteroatoms. The predicted octanol–water partition coefficient (Wildman–Crippen LogP) is 0.676. The molecule has 30 heavy (non-hydrogen) atoms. The maximum atomic E-state index is 12.5. The standard InChI is InChI=1S/C21H31N7O2/c29-21(8-10-28-20(23-24-25-28)17-26-11-13-30-14-12-26)22-19-7-4-9-27(16-19)15-18-5-2-1-3-6-18/h1-3,5-6,19H,4,7-17H2,(H,22,29)/t19-/m1/s1. The molecule has 0 unspecified atom stereocenters. The third-order valence-corrected chi connectivity index (χ3v) is 5.75. The molecule has 2 aliphatic heterocycles. The van der Waals surface area contributed by atoms with E-state index in [2.05, 4.69) is 54.9 Å². The van der Waals surface area contributed by atoms with E-state index in [9.17, 15) is 4.79 Å². The predicted molar refractivity (Wildman–Crippen MR) is 111 cm³/mol. The molecule has 1 atom stereocenters. The SMILES string of the molecule is O=C(CCn1nnnc1CN1CCOCC1)N[C@@H]1CCCN(Cc2ccccc2)C1. The van der Waals surface area contributed by atoms with Gasteiger partial charge in [0.1, 0.15) is 0 Å². The number of benzene rings is 1. The van der Waals surface area contributed by atoms with Gasteiger partial charge in [-0.2, -0.15) is 0 Å². The Labute approximate surface area is 177 Å². The van der Waals surface area contributed by atoms with Crippen LogP contribution in [0.3, 0.4) is 0 Å². The Kier molecular flexibility index (Phi) is 7.39. The summed E-state index contributed by atoms with van der Waals surface area (Å²) in [5, 5.41) is 15.2. The molecule has 2 saturated heterocycles. The van der Waals surface area contributed by atoms with Gasteiger partial charge in [0.05, 0.1) is 26.3 Å². The zero-order valence-electron chi connectivity index (χ0n) is 17.4. The second kappa shape index (κ2) is 10.6. The topological polar surface area (TPSA) is 88.4 Å². The maximum absolute atomic E-state index is 12.5. The van der Waals surface area contributed by atoms with Gasteiger partial charge in [0.15, 0.2) is 5.82 Å². The van der Waals surface area contributed by atoms with Gasteiger partial charge in [-0.15, -0.1) is 5.10 Å². The number of carbonyl (C=O) groups is 1. The van der Waals surface area contributed by atoms with Crippen LogP contribution in [-0.2, 0) is 29.2 Å². The van der Waals surface area contributed by atoms with Crippen LogP contribution in [-0.4, -0.2) is 81.3 Å². The molecular weight excluding hydrogens is 382 g/mol. The Balaban J connectivity index is 1.22. The Morgan fingerprint density at radius 3 is 2.77 bits per heavy atom. The first kappa shape index (κ1) is 20.9. The molecule has 3 heterocycles. The number of morpholine rings is 1. The van der Waals surface area contributed by atoms with Crippen LogP contribution in [0.15, 0.2) is 30.3 Å². The van der Waals surface area contributed by atoms with Crippen LogP contribution >= 0.6 is 0 Å². The van der Waals surface area contributed by atoms with E-state index >= 15 is 0 Å². The summed E-state index contributed by atoms with van der Waals surface area (Å²) in [6.45, 7) is 7.35. The van der Waals surface area contributed by atoms with Crippen LogP contribution < -0.4 is 5.32 Å². The summed E-state index contributed by atoms with van der Waals surface area (Å²) in [7, 11) is 0. The molecule has 9 nitrogen and oxygen atoms in total. The number of aryl methyl sites for hydroxylation is 1. The number of hydrogen-bond donors (Lipinski definition) is 1. The minimum Gasteiger partial charge on any atom is -0.379 e. The van der Waals surface area contributed by atoms with Crippen molar-refractivity contribution < 1.29 is 9.53 Å². The summed E-state index contributed by atoms with van der Waals surface area (Å²) >= 11 is 0. The van der Waals surface area contributed by atoms with Crippen LogP contribution in [0.25, 0.3) is 0 Å². The van der Waals surface area contributed by atoms with Crippen molar-refractivity contribution >= 4 is 5.91 Å². The molecule has 1 amide bonds. The minimum atomic E-state index is 0.0642. The number of likely N-dealkylation sites (tertiary alicyclic amines) is 1. The monoisotopic (exact) mass is 413 g/mol. The molecule has 2 aromatic rings. The molecular formula is C21H31N7O2. The summed E-state index contributed by atoms with van der Waals surface area (Å²) in [4.78, 5) is 17.2. The molecule has 1 aromatic heterocycles. The van der Waals surface area contributed by atoms with Gasteiger partial charge < -0.3 is 10.1 Å². The number of ether oxygens (including phenoxy) is 1. The molecule has 4 rings (SSSR count). The number of piperidine rings is 1. The molecule has 2 aliphatic rings. The van der Waals surface area contributed by atoms with Crippen molar-refractivity contribution in [2.45, 2.75) is 44.9 Å². The fourth-order valence-electron chi connectivity index (χ4n) is 4.14. The lowest BCUT2D eigenvalue weighted by Gasteiger charge is -2.33. The zero-order chi connectivity index (χ0) is 20.6. The van der Waals surface area contributed by atoms with Crippen LogP contribution in [0.4, 0.5) is 0 Å². The summed E-state index contributed by atoms with van der Waals surface area (Å²) in [6, 6.07) is 10.7. The van der Waals surface area contributed by atoms with Crippen molar-refractivity contribution in [3.63, 3.8) is 0 Å². The van der Waals surface area contributed by atoms with E-state index in [1.165, 1.54) is 5.56 Å². The fraction of sp³-hybridized carbons (Fsp3) is 0.619. The minimum absolute atomic E-state index is 0.0642. The van der Waals surface area contributed by atoms with Gasteiger partial charge in [-0.25, -0.2) is 4.68 Å². The smallest absolute Gasteiger partial charge is 0.222 e. The average Bonchev–Trinajstić information content (AvgIpc) is 3.21. The van der Waals surface area contributed by atoms with E-state index in [1.54, 1.807) is 4.68 Å². The van der Waals surface area contributed by atoms with E-state index in [-0.39, 0.29) is 11.9 Å². The number of amides is 1. The highest BCUT2D eigenvalue weighted by Gasteiger charge is 2.22. The third-order valence-electron chi connectivity index (χ3n) is 5.75. The van der Waals surface area contributed by atoms with Crippen molar-refractivity contribution in [1.29, 1.82) is 0 Å². The van der Waals surface area contributed by atoms with Gasteiger partial charge in [-0.1, -0.05) is 30.3 Å². The first-order valence-electron chi connectivity index (χ1n) is 10.9. The molecule has 162 valence electrons. The fourth-order valence-corrected chi connectivity index (χ4v) is 4.14. The van der Waals surface area contributed by atoms with Gasteiger partial charge in [-0.3, -0.25) is 14.6 Å². The van der Waals surface area contributed by atoms with E-state index in [4.69, 9.17) is 4.74 Å². The average molecular weight is 414 g/mol. The summed E-state index contributed by atoms with van der Waals surface area (Å²) < 4.78 is 7.13. The third kappa shape index (κ3) is 6.07. The second-order valence-corrected chi connectivity index (χ2v) is 8.08. The van der Waals surface area contributed by atoms with Crippen LogP contribution in [0.1, 0.15) is 30.7 Å². The number of rotatable bonds is 8. The molecule has 0 radical (unpaired) electrons. The molecule has 0 spiro atoms. The first-order chi connectivity index (χ1) is 14.8. The normalized spacial score (nSPS) is 20.9. The largest absolute Gasteiger partial charge is 0.379 e. The highest BCUT2D eigenvalue weighted by Crippen LogP contribution is 2.14. The molecule has 0 saturated carbocycles. The lowest BCUT2D eigenvalue weighted by atomic mass is 10.0. The Morgan fingerprint density at radius 2 is 1.93 bits per heavy atom. The van der Waals surface area contributed by atoms with Gasteiger partial charge in [0.2, 0.25) is 5.91 Å². The van der Waals surface area contributed by atoms with Crippen LogP contribution in [0.2, 0.25) is 0 Å². The van der Waals surface area contributed by atoms with Crippen molar-refractivity contribution in [2.24, 2.45) is 0 Å². The lowest BCUT2D eigenvalue weighted by Crippen LogP contribution is -2.47. The van der Waals surface area contributed by atoms with E-state index in [0.717, 1.165) is 64.6 Å². The zero-order valence-corrected chi connectivity index (χ0v) is 17.4.